The molecule has 0 aliphatic rings. The van der Waals surface area contributed by atoms with Gasteiger partial charge in [-0.25, -0.2) is 14.1 Å². The molecule has 3 rings (SSSR count). The SMILES string of the molecule is Cn1nc(C(=O)Nc2ccc(Cc3cc(F)cc(C#N)c3)cn2)ccc1=O. The number of nitriles is 1. The second kappa shape index (κ2) is 7.58. The Morgan fingerprint density at radius 3 is 2.70 bits per heavy atom. The Morgan fingerprint density at radius 1 is 1.22 bits per heavy atom. The molecule has 0 bridgehead atoms. The van der Waals surface area contributed by atoms with E-state index in [1.165, 1.54) is 31.3 Å². The van der Waals surface area contributed by atoms with E-state index in [-0.39, 0.29) is 16.8 Å². The van der Waals surface area contributed by atoms with E-state index in [0.717, 1.165) is 10.2 Å². The average Bonchev–Trinajstić information content (AvgIpc) is 2.65. The highest BCUT2D eigenvalue weighted by atomic mass is 19.1. The fourth-order valence-electron chi connectivity index (χ4n) is 2.46. The van der Waals surface area contributed by atoms with E-state index in [1.54, 1.807) is 24.4 Å². The quantitative estimate of drug-likeness (QED) is 0.764. The molecule has 0 unspecified atom stereocenters. The van der Waals surface area contributed by atoms with E-state index < -0.39 is 11.7 Å². The van der Waals surface area contributed by atoms with Gasteiger partial charge < -0.3 is 5.32 Å². The van der Waals surface area contributed by atoms with Gasteiger partial charge >= 0.3 is 0 Å². The van der Waals surface area contributed by atoms with Crippen LogP contribution in [-0.4, -0.2) is 20.7 Å². The van der Waals surface area contributed by atoms with E-state index >= 15 is 0 Å². The highest BCUT2D eigenvalue weighted by Gasteiger charge is 2.10. The van der Waals surface area contributed by atoms with Gasteiger partial charge in [-0.2, -0.15) is 10.4 Å². The van der Waals surface area contributed by atoms with E-state index in [4.69, 9.17) is 5.26 Å². The number of benzene rings is 1. The van der Waals surface area contributed by atoms with Crippen LogP contribution in [0.2, 0.25) is 0 Å². The number of rotatable bonds is 4. The highest BCUT2D eigenvalue weighted by molar-refractivity contribution is 6.02. The van der Waals surface area contributed by atoms with Gasteiger partial charge in [0.15, 0.2) is 0 Å². The van der Waals surface area contributed by atoms with Crippen LogP contribution in [0.1, 0.15) is 27.2 Å². The van der Waals surface area contributed by atoms with Crippen molar-refractivity contribution in [2.75, 3.05) is 5.32 Å². The number of nitrogens with zero attached hydrogens (tertiary/aromatic N) is 4. The van der Waals surface area contributed by atoms with Crippen molar-refractivity contribution in [1.29, 1.82) is 5.26 Å². The van der Waals surface area contributed by atoms with Crippen LogP contribution in [0.5, 0.6) is 0 Å². The number of anilines is 1. The van der Waals surface area contributed by atoms with Crippen LogP contribution < -0.4 is 10.9 Å². The van der Waals surface area contributed by atoms with Gasteiger partial charge in [0.1, 0.15) is 17.3 Å². The van der Waals surface area contributed by atoms with Crippen LogP contribution >= 0.6 is 0 Å². The fraction of sp³-hybridized carbons (Fsp3) is 0.105. The molecule has 2 heterocycles. The third-order valence-corrected chi connectivity index (χ3v) is 3.75. The Kier molecular flexibility index (Phi) is 5.04. The zero-order valence-corrected chi connectivity index (χ0v) is 14.3. The number of aryl methyl sites for hydroxylation is 1. The van der Waals surface area contributed by atoms with E-state index in [9.17, 15) is 14.0 Å². The molecule has 0 radical (unpaired) electrons. The van der Waals surface area contributed by atoms with Crippen molar-refractivity contribution in [3.05, 3.63) is 87.2 Å². The number of halogens is 1. The zero-order chi connectivity index (χ0) is 19.4. The van der Waals surface area contributed by atoms with Gasteiger partial charge in [0.25, 0.3) is 11.5 Å². The average molecular weight is 363 g/mol. The largest absolute Gasteiger partial charge is 0.305 e. The topological polar surface area (TPSA) is 101 Å². The summed E-state index contributed by atoms with van der Waals surface area (Å²) in [6.45, 7) is 0. The van der Waals surface area contributed by atoms with Crippen LogP contribution in [0, 0.1) is 17.1 Å². The lowest BCUT2D eigenvalue weighted by molar-refractivity contribution is 0.101. The molecule has 2 aromatic heterocycles. The van der Waals surface area contributed by atoms with Crippen molar-refractivity contribution in [1.82, 2.24) is 14.8 Å². The van der Waals surface area contributed by atoms with Crippen molar-refractivity contribution in [3.8, 4) is 6.07 Å². The number of hydrogen-bond acceptors (Lipinski definition) is 5. The van der Waals surface area contributed by atoms with Crippen LogP contribution in [-0.2, 0) is 13.5 Å². The number of hydrogen-bond donors (Lipinski definition) is 1. The molecule has 8 heteroatoms. The third kappa shape index (κ3) is 4.41. The molecule has 0 saturated carbocycles. The fourth-order valence-corrected chi connectivity index (χ4v) is 2.46. The minimum Gasteiger partial charge on any atom is -0.305 e. The molecule has 1 N–H and O–H groups in total. The lowest BCUT2D eigenvalue weighted by Gasteiger charge is -2.07. The maximum atomic E-state index is 13.5. The molecule has 0 fully saturated rings. The van der Waals surface area contributed by atoms with Crippen molar-refractivity contribution < 1.29 is 9.18 Å². The second-order valence-corrected chi connectivity index (χ2v) is 5.82. The van der Waals surface area contributed by atoms with Crippen molar-refractivity contribution >= 4 is 11.7 Å². The summed E-state index contributed by atoms with van der Waals surface area (Å²) in [6, 6.07) is 12.0. The predicted molar refractivity (Wildman–Crippen MR) is 95.6 cm³/mol. The first-order valence-electron chi connectivity index (χ1n) is 7.95. The van der Waals surface area contributed by atoms with Gasteiger partial charge in [0.05, 0.1) is 11.6 Å². The summed E-state index contributed by atoms with van der Waals surface area (Å²) < 4.78 is 14.6. The Balaban J connectivity index is 1.71. The molecular formula is C19H14FN5O2. The lowest BCUT2D eigenvalue weighted by atomic mass is 10.0. The molecule has 3 aromatic rings. The molecule has 0 aliphatic heterocycles. The molecule has 0 atom stereocenters. The van der Waals surface area contributed by atoms with E-state index in [0.29, 0.717) is 17.8 Å². The van der Waals surface area contributed by atoms with Gasteiger partial charge in [-0.15, -0.1) is 0 Å². The van der Waals surface area contributed by atoms with Crippen molar-refractivity contribution in [2.45, 2.75) is 6.42 Å². The maximum absolute atomic E-state index is 13.5. The van der Waals surface area contributed by atoms with Crippen LogP contribution in [0.3, 0.4) is 0 Å². The summed E-state index contributed by atoms with van der Waals surface area (Å²) in [4.78, 5) is 27.6. The van der Waals surface area contributed by atoms with E-state index in [2.05, 4.69) is 15.4 Å². The normalized spacial score (nSPS) is 10.3. The first kappa shape index (κ1) is 17.9. The van der Waals surface area contributed by atoms with Crippen LogP contribution in [0.15, 0.2) is 53.5 Å². The molecule has 1 aromatic carbocycles. The smallest absolute Gasteiger partial charge is 0.277 e. The Bertz CT molecular complexity index is 1100. The summed E-state index contributed by atoms with van der Waals surface area (Å²) in [5.74, 6) is -0.642. The zero-order valence-electron chi connectivity index (χ0n) is 14.3. The lowest BCUT2D eigenvalue weighted by Crippen LogP contribution is -2.23. The van der Waals surface area contributed by atoms with E-state index in [1.807, 2.05) is 6.07 Å². The number of carbonyl (C=O) groups is 1. The van der Waals surface area contributed by atoms with Crippen LogP contribution in [0.4, 0.5) is 10.2 Å². The maximum Gasteiger partial charge on any atom is 0.277 e. The summed E-state index contributed by atoms with van der Waals surface area (Å²) in [7, 11) is 1.45. The minimum atomic E-state index is -0.491. The first-order valence-corrected chi connectivity index (χ1v) is 7.95. The summed E-state index contributed by atoms with van der Waals surface area (Å²) in [5, 5.41) is 15.4. The monoisotopic (exact) mass is 363 g/mol. The second-order valence-electron chi connectivity index (χ2n) is 5.82. The molecule has 0 spiro atoms. The minimum absolute atomic E-state index is 0.0896. The number of carbonyl (C=O) groups excluding carboxylic acids is 1. The number of pyridine rings is 1. The summed E-state index contributed by atoms with van der Waals surface area (Å²) in [6.07, 6.45) is 1.96. The Labute approximate surface area is 153 Å². The highest BCUT2D eigenvalue weighted by Crippen LogP contribution is 2.14. The number of nitrogens with one attached hydrogen (secondary N) is 1. The van der Waals surface area contributed by atoms with Crippen molar-refractivity contribution in [2.24, 2.45) is 7.05 Å². The Hall–Kier alpha value is -3.86. The van der Waals surface area contributed by atoms with Gasteiger partial charge in [-0.05, 0) is 47.9 Å². The molecule has 134 valence electrons. The molecule has 27 heavy (non-hydrogen) atoms. The van der Waals surface area contributed by atoms with Crippen LogP contribution in [0.25, 0.3) is 0 Å². The molecule has 0 aliphatic carbocycles. The number of aromatic nitrogens is 3. The van der Waals surface area contributed by atoms with Gasteiger partial charge in [0, 0.05) is 19.3 Å². The molecule has 7 nitrogen and oxygen atoms in total. The first-order chi connectivity index (χ1) is 12.9. The molecular weight excluding hydrogens is 349 g/mol. The molecule has 1 amide bonds. The summed E-state index contributed by atoms with van der Waals surface area (Å²) >= 11 is 0. The molecule has 0 saturated heterocycles. The van der Waals surface area contributed by atoms with Gasteiger partial charge in [-0.3, -0.25) is 9.59 Å². The van der Waals surface area contributed by atoms with Gasteiger partial charge in [0.2, 0.25) is 0 Å². The Morgan fingerprint density at radius 2 is 2.04 bits per heavy atom. The summed E-state index contributed by atoms with van der Waals surface area (Å²) in [5.41, 5.74) is 1.48. The number of amides is 1. The standard InChI is InChI=1S/C19H14FN5O2/c1-25-18(26)5-3-16(24-25)19(27)23-17-4-2-12(11-22-17)6-13-7-14(10-21)9-15(20)8-13/h2-5,7-9,11H,6H2,1H3,(H,22,23,27). The predicted octanol–water partition coefficient (Wildman–Crippen LogP) is 2.03. The third-order valence-electron chi connectivity index (χ3n) is 3.75. The van der Waals surface area contributed by atoms with Crippen molar-refractivity contribution in [3.63, 3.8) is 0 Å². The van der Waals surface area contributed by atoms with Gasteiger partial charge in [-0.1, -0.05) is 6.07 Å².